The number of hydrogen-bond donors (Lipinski definition) is 2. The van der Waals surface area contributed by atoms with Crippen molar-refractivity contribution in [2.24, 2.45) is 0 Å². The Bertz CT molecular complexity index is 739. The Labute approximate surface area is 154 Å². The van der Waals surface area contributed by atoms with Crippen molar-refractivity contribution < 1.29 is 9.59 Å². The van der Waals surface area contributed by atoms with Crippen molar-refractivity contribution in [1.29, 1.82) is 0 Å². The molecule has 2 N–H and O–H groups in total. The maximum atomic E-state index is 12.1. The summed E-state index contributed by atoms with van der Waals surface area (Å²) in [7, 11) is 0. The Kier molecular flexibility index (Phi) is 6.07. The van der Waals surface area contributed by atoms with Crippen LogP contribution in [-0.4, -0.2) is 11.9 Å². The lowest BCUT2D eigenvalue weighted by molar-refractivity contribution is 0.0965. The number of carbonyl (C=O) groups is 2. The van der Waals surface area contributed by atoms with E-state index in [0.717, 1.165) is 26.9 Å². The summed E-state index contributed by atoms with van der Waals surface area (Å²) in [5, 5.41) is 2.32. The van der Waals surface area contributed by atoms with Gasteiger partial charge in [-0.05, 0) is 63.1 Å². The SMILES string of the molecule is CC(C)(C)c1ccc(C(=O)NC(=O)NSc2ccccc2Br)cc1. The van der Waals surface area contributed by atoms with Crippen LogP contribution in [0.1, 0.15) is 36.7 Å². The molecular weight excluding hydrogens is 388 g/mol. The van der Waals surface area contributed by atoms with E-state index >= 15 is 0 Å². The van der Waals surface area contributed by atoms with Gasteiger partial charge in [-0.1, -0.05) is 45.0 Å². The zero-order valence-corrected chi connectivity index (χ0v) is 16.1. The molecule has 0 radical (unpaired) electrons. The highest BCUT2D eigenvalue weighted by molar-refractivity contribution is 9.10. The van der Waals surface area contributed by atoms with Crippen LogP contribution >= 0.6 is 27.9 Å². The molecule has 0 heterocycles. The molecule has 0 atom stereocenters. The van der Waals surface area contributed by atoms with E-state index in [1.165, 1.54) is 0 Å². The number of rotatable bonds is 3. The van der Waals surface area contributed by atoms with Crippen molar-refractivity contribution >= 4 is 39.8 Å². The molecule has 6 heteroatoms. The summed E-state index contributed by atoms with van der Waals surface area (Å²) in [6.07, 6.45) is 0. The van der Waals surface area contributed by atoms with Gasteiger partial charge in [-0.2, -0.15) is 0 Å². The highest BCUT2D eigenvalue weighted by Gasteiger charge is 2.15. The highest BCUT2D eigenvalue weighted by Crippen LogP contribution is 2.24. The van der Waals surface area contributed by atoms with E-state index in [0.29, 0.717) is 5.56 Å². The predicted molar refractivity (Wildman–Crippen MR) is 101 cm³/mol. The molecule has 0 aliphatic rings. The van der Waals surface area contributed by atoms with E-state index in [-0.39, 0.29) is 5.41 Å². The number of halogens is 1. The normalized spacial score (nSPS) is 11.0. The highest BCUT2D eigenvalue weighted by atomic mass is 79.9. The van der Waals surface area contributed by atoms with Crippen molar-refractivity contribution in [3.05, 3.63) is 64.1 Å². The standard InChI is InChI=1S/C18H19BrN2O2S/c1-18(2,3)13-10-8-12(9-11-13)16(22)20-17(23)21-24-15-7-5-4-6-14(15)19/h4-11H,1-3H3,(H2,20,21,22,23). The quantitative estimate of drug-likeness (QED) is 0.712. The predicted octanol–water partition coefficient (Wildman–Crippen LogP) is 4.89. The van der Waals surface area contributed by atoms with Crippen LogP contribution in [0.3, 0.4) is 0 Å². The van der Waals surface area contributed by atoms with Crippen molar-refractivity contribution in [3.8, 4) is 0 Å². The van der Waals surface area contributed by atoms with Crippen LogP contribution in [-0.2, 0) is 5.41 Å². The van der Waals surface area contributed by atoms with Gasteiger partial charge in [0.15, 0.2) is 0 Å². The fourth-order valence-electron chi connectivity index (χ4n) is 1.95. The minimum atomic E-state index is -0.555. The third-order valence-corrected chi connectivity index (χ3v) is 5.15. The molecule has 0 saturated heterocycles. The van der Waals surface area contributed by atoms with Gasteiger partial charge < -0.3 is 0 Å². The van der Waals surface area contributed by atoms with E-state index in [1.54, 1.807) is 12.1 Å². The van der Waals surface area contributed by atoms with Gasteiger partial charge in [-0.3, -0.25) is 14.8 Å². The van der Waals surface area contributed by atoms with Crippen LogP contribution in [0.4, 0.5) is 4.79 Å². The monoisotopic (exact) mass is 406 g/mol. The van der Waals surface area contributed by atoms with E-state index < -0.39 is 11.9 Å². The fraction of sp³-hybridized carbons (Fsp3) is 0.222. The molecule has 126 valence electrons. The van der Waals surface area contributed by atoms with Crippen molar-refractivity contribution in [2.75, 3.05) is 0 Å². The summed E-state index contributed by atoms with van der Waals surface area (Å²) in [6.45, 7) is 6.32. The summed E-state index contributed by atoms with van der Waals surface area (Å²) < 4.78 is 3.47. The average molecular weight is 407 g/mol. The Hall–Kier alpha value is -1.79. The number of nitrogens with one attached hydrogen (secondary N) is 2. The van der Waals surface area contributed by atoms with Gasteiger partial charge in [0.05, 0.1) is 0 Å². The van der Waals surface area contributed by atoms with Gasteiger partial charge in [0.1, 0.15) is 0 Å². The maximum absolute atomic E-state index is 12.1. The van der Waals surface area contributed by atoms with Crippen molar-refractivity contribution in [3.63, 3.8) is 0 Å². The molecule has 0 aromatic heterocycles. The van der Waals surface area contributed by atoms with Gasteiger partial charge in [-0.25, -0.2) is 4.79 Å². The van der Waals surface area contributed by atoms with Crippen LogP contribution in [0.5, 0.6) is 0 Å². The molecule has 0 unspecified atom stereocenters. The Morgan fingerprint density at radius 2 is 1.62 bits per heavy atom. The topological polar surface area (TPSA) is 58.2 Å². The van der Waals surface area contributed by atoms with Crippen LogP contribution in [0, 0.1) is 0 Å². The zero-order chi connectivity index (χ0) is 17.7. The molecule has 4 nitrogen and oxygen atoms in total. The van der Waals surface area contributed by atoms with Crippen molar-refractivity contribution in [1.82, 2.24) is 10.0 Å². The molecule has 2 aromatic rings. The van der Waals surface area contributed by atoms with Crippen LogP contribution in [0.15, 0.2) is 57.9 Å². The lowest BCUT2D eigenvalue weighted by atomic mass is 9.87. The van der Waals surface area contributed by atoms with Crippen LogP contribution in [0.2, 0.25) is 0 Å². The lowest BCUT2D eigenvalue weighted by Gasteiger charge is -2.19. The molecule has 0 aliphatic heterocycles. The van der Waals surface area contributed by atoms with Crippen LogP contribution in [0.25, 0.3) is 0 Å². The number of amides is 3. The maximum Gasteiger partial charge on any atom is 0.331 e. The van der Waals surface area contributed by atoms with Gasteiger partial charge in [-0.15, -0.1) is 0 Å². The Balaban J connectivity index is 1.92. The summed E-state index contributed by atoms with van der Waals surface area (Å²) in [4.78, 5) is 24.8. The first-order valence-corrected chi connectivity index (χ1v) is 9.01. The molecule has 24 heavy (non-hydrogen) atoms. The Morgan fingerprint density at radius 1 is 1.00 bits per heavy atom. The minimum Gasteiger partial charge on any atom is -0.277 e. The third kappa shape index (κ3) is 5.11. The summed E-state index contributed by atoms with van der Waals surface area (Å²) in [5.41, 5.74) is 1.60. The zero-order valence-electron chi connectivity index (χ0n) is 13.7. The largest absolute Gasteiger partial charge is 0.331 e. The van der Waals surface area contributed by atoms with E-state index in [1.807, 2.05) is 36.4 Å². The fourth-order valence-corrected chi connectivity index (χ4v) is 3.04. The second kappa shape index (κ2) is 7.85. The molecular formula is C18H19BrN2O2S. The van der Waals surface area contributed by atoms with Gasteiger partial charge in [0, 0.05) is 14.9 Å². The van der Waals surface area contributed by atoms with Gasteiger partial charge >= 0.3 is 6.03 Å². The van der Waals surface area contributed by atoms with Gasteiger partial charge in [0.25, 0.3) is 5.91 Å². The number of urea groups is 1. The Morgan fingerprint density at radius 3 is 2.21 bits per heavy atom. The number of hydrogen-bond acceptors (Lipinski definition) is 3. The summed E-state index contributed by atoms with van der Waals surface area (Å²) in [5.74, 6) is -0.430. The van der Waals surface area contributed by atoms with Crippen LogP contribution < -0.4 is 10.0 Å². The molecule has 2 aromatic carbocycles. The first kappa shape index (κ1) is 18.5. The first-order valence-electron chi connectivity index (χ1n) is 7.40. The lowest BCUT2D eigenvalue weighted by Crippen LogP contribution is -2.36. The molecule has 0 fully saturated rings. The second-order valence-electron chi connectivity index (χ2n) is 6.25. The number of benzene rings is 2. The number of carbonyl (C=O) groups excluding carboxylic acids is 2. The minimum absolute atomic E-state index is 0.0199. The molecule has 2 rings (SSSR count). The van der Waals surface area contributed by atoms with E-state index in [4.69, 9.17) is 0 Å². The molecule has 0 saturated carbocycles. The molecule has 0 aliphatic carbocycles. The van der Waals surface area contributed by atoms with E-state index in [9.17, 15) is 9.59 Å². The summed E-state index contributed by atoms with van der Waals surface area (Å²) in [6, 6.07) is 14.2. The average Bonchev–Trinajstić information content (AvgIpc) is 2.53. The first-order chi connectivity index (χ1) is 11.3. The number of imide groups is 1. The molecule has 0 bridgehead atoms. The smallest absolute Gasteiger partial charge is 0.277 e. The van der Waals surface area contributed by atoms with Crippen molar-refractivity contribution in [2.45, 2.75) is 31.1 Å². The molecule has 0 spiro atoms. The molecule has 3 amide bonds. The van der Waals surface area contributed by atoms with Gasteiger partial charge in [0.2, 0.25) is 0 Å². The van der Waals surface area contributed by atoms with E-state index in [2.05, 4.69) is 46.7 Å². The third-order valence-electron chi connectivity index (χ3n) is 3.33. The summed E-state index contributed by atoms with van der Waals surface area (Å²) >= 11 is 4.53. The second-order valence-corrected chi connectivity index (χ2v) is 7.95.